The SMILES string of the molecule is Cn1cc(-c2c(F)cc3ncc4c5c3c2S(=O)CCn5c(=O)n4C)cn1. The van der Waals surface area contributed by atoms with Gasteiger partial charge < -0.3 is 0 Å². The van der Waals surface area contributed by atoms with Crippen LogP contribution in [0, 0.1) is 5.82 Å². The highest BCUT2D eigenvalue weighted by atomic mass is 32.2. The monoisotopic (exact) mass is 371 g/mol. The molecule has 0 bridgehead atoms. The van der Waals surface area contributed by atoms with Gasteiger partial charge in [-0.3, -0.25) is 23.0 Å². The van der Waals surface area contributed by atoms with Crippen molar-refractivity contribution >= 4 is 32.7 Å². The van der Waals surface area contributed by atoms with E-state index in [1.165, 1.54) is 10.6 Å². The molecule has 0 fully saturated rings. The normalized spacial score (nSPS) is 16.7. The Morgan fingerprint density at radius 3 is 2.81 bits per heavy atom. The Bertz CT molecular complexity index is 1320. The molecule has 0 saturated carbocycles. The molecule has 5 rings (SSSR count). The Kier molecular flexibility index (Phi) is 3.03. The van der Waals surface area contributed by atoms with Crippen molar-refractivity contribution in [3.63, 3.8) is 0 Å². The molecule has 0 amide bonds. The molecule has 26 heavy (non-hydrogen) atoms. The first-order valence-corrected chi connectivity index (χ1v) is 9.37. The fraction of sp³-hybridized carbons (Fsp3) is 0.235. The Hall–Kier alpha value is -2.81. The first-order valence-electron chi connectivity index (χ1n) is 8.05. The van der Waals surface area contributed by atoms with Crippen molar-refractivity contribution in [3.05, 3.63) is 41.0 Å². The number of benzene rings is 1. The van der Waals surface area contributed by atoms with Crippen LogP contribution in [0.25, 0.3) is 33.1 Å². The summed E-state index contributed by atoms with van der Waals surface area (Å²) < 4.78 is 32.7. The molecule has 3 aromatic heterocycles. The molecule has 0 radical (unpaired) electrons. The van der Waals surface area contributed by atoms with E-state index >= 15 is 0 Å². The van der Waals surface area contributed by atoms with E-state index in [0.29, 0.717) is 38.9 Å². The van der Waals surface area contributed by atoms with Crippen LogP contribution in [-0.4, -0.2) is 33.9 Å². The second-order valence-corrected chi connectivity index (χ2v) is 7.90. The van der Waals surface area contributed by atoms with Crippen LogP contribution in [0.15, 0.2) is 34.3 Å². The van der Waals surface area contributed by atoms with E-state index in [1.807, 2.05) is 0 Å². The minimum absolute atomic E-state index is 0.189. The predicted octanol–water partition coefficient (Wildman–Crippen LogP) is 1.55. The van der Waals surface area contributed by atoms with Crippen LogP contribution in [0.2, 0.25) is 0 Å². The van der Waals surface area contributed by atoms with Crippen LogP contribution >= 0.6 is 0 Å². The zero-order valence-corrected chi connectivity index (χ0v) is 14.9. The maximum absolute atomic E-state index is 15.0. The molecule has 4 heterocycles. The van der Waals surface area contributed by atoms with Gasteiger partial charge in [-0.2, -0.15) is 5.10 Å². The lowest BCUT2D eigenvalue weighted by Crippen LogP contribution is -2.23. The van der Waals surface area contributed by atoms with Gasteiger partial charge in [-0.1, -0.05) is 0 Å². The number of nitrogens with zero attached hydrogens (tertiary/aromatic N) is 5. The second-order valence-electron chi connectivity index (χ2n) is 6.39. The summed E-state index contributed by atoms with van der Waals surface area (Å²) in [4.78, 5) is 17.3. The molecule has 1 aliphatic heterocycles. The lowest BCUT2D eigenvalue weighted by Gasteiger charge is -2.11. The fourth-order valence-corrected chi connectivity index (χ4v) is 5.12. The summed E-state index contributed by atoms with van der Waals surface area (Å²) in [7, 11) is 1.95. The molecule has 0 spiro atoms. The Morgan fingerprint density at radius 1 is 1.27 bits per heavy atom. The van der Waals surface area contributed by atoms with Gasteiger partial charge in [-0.25, -0.2) is 9.18 Å². The summed E-state index contributed by atoms with van der Waals surface area (Å²) in [6.45, 7) is 0.310. The number of aryl methyl sites for hydroxylation is 3. The third kappa shape index (κ3) is 1.86. The van der Waals surface area contributed by atoms with Crippen LogP contribution in [-0.2, 0) is 31.4 Å². The van der Waals surface area contributed by atoms with Gasteiger partial charge in [0.05, 0.1) is 44.6 Å². The minimum atomic E-state index is -1.47. The second kappa shape index (κ2) is 5.10. The van der Waals surface area contributed by atoms with Crippen LogP contribution in [0.3, 0.4) is 0 Å². The molecule has 0 aliphatic carbocycles. The Balaban J connectivity index is 2.07. The molecule has 1 unspecified atom stereocenters. The molecule has 0 N–H and O–H groups in total. The third-order valence-corrected chi connectivity index (χ3v) is 6.31. The molecule has 132 valence electrons. The van der Waals surface area contributed by atoms with Crippen LogP contribution in [0.1, 0.15) is 0 Å². The fourth-order valence-electron chi connectivity index (χ4n) is 3.69. The molecular weight excluding hydrogens is 357 g/mol. The lowest BCUT2D eigenvalue weighted by atomic mass is 10.0. The standard InChI is InChI=1S/C17H14FN5O2S/c1-21-8-9(6-20-21)13-10(18)5-11-14-15-12(7-19-11)22(2)17(24)23(15)3-4-26(25)16(13)14/h5-8H,3-4H2,1-2H3. The van der Waals surface area contributed by atoms with E-state index in [-0.39, 0.29) is 17.0 Å². The molecule has 1 atom stereocenters. The van der Waals surface area contributed by atoms with Gasteiger partial charge in [-0.05, 0) is 0 Å². The van der Waals surface area contributed by atoms with Crippen LogP contribution in [0.5, 0.6) is 0 Å². The van der Waals surface area contributed by atoms with Gasteiger partial charge in [0.1, 0.15) is 5.82 Å². The molecule has 1 aromatic carbocycles. The van der Waals surface area contributed by atoms with Gasteiger partial charge >= 0.3 is 5.69 Å². The molecule has 4 aromatic rings. The lowest BCUT2D eigenvalue weighted by molar-refractivity contribution is 0.628. The number of halogens is 1. The molecule has 1 aliphatic rings. The van der Waals surface area contributed by atoms with Crippen molar-refractivity contribution in [2.24, 2.45) is 14.1 Å². The van der Waals surface area contributed by atoms with Gasteiger partial charge in [0.15, 0.2) is 0 Å². The van der Waals surface area contributed by atoms with Crippen LogP contribution in [0.4, 0.5) is 4.39 Å². The molecule has 7 nitrogen and oxygen atoms in total. The van der Waals surface area contributed by atoms with Gasteiger partial charge in [0, 0.05) is 55.2 Å². The van der Waals surface area contributed by atoms with E-state index < -0.39 is 16.6 Å². The number of hydrogen-bond acceptors (Lipinski definition) is 4. The summed E-state index contributed by atoms with van der Waals surface area (Å²) in [5, 5.41) is 4.69. The maximum atomic E-state index is 15.0. The smallest absolute Gasteiger partial charge is 0.293 e. The van der Waals surface area contributed by atoms with Crippen molar-refractivity contribution in [2.75, 3.05) is 5.75 Å². The first kappa shape index (κ1) is 15.4. The summed E-state index contributed by atoms with van der Waals surface area (Å²) in [6, 6.07) is 1.34. The zero-order valence-electron chi connectivity index (χ0n) is 14.1. The first-order chi connectivity index (χ1) is 12.5. The minimum Gasteiger partial charge on any atom is -0.293 e. The van der Waals surface area contributed by atoms with Crippen LogP contribution < -0.4 is 5.69 Å². The molecule has 0 saturated heterocycles. The third-order valence-electron chi connectivity index (χ3n) is 4.89. The van der Waals surface area contributed by atoms with E-state index in [4.69, 9.17) is 0 Å². The highest BCUT2D eigenvalue weighted by molar-refractivity contribution is 7.85. The van der Waals surface area contributed by atoms with Gasteiger partial charge in [0.25, 0.3) is 0 Å². The van der Waals surface area contributed by atoms with E-state index in [1.54, 1.807) is 41.9 Å². The number of rotatable bonds is 1. The Morgan fingerprint density at radius 2 is 2.08 bits per heavy atom. The summed E-state index contributed by atoms with van der Waals surface area (Å²) >= 11 is 0. The number of aromatic nitrogens is 5. The van der Waals surface area contributed by atoms with Crippen molar-refractivity contribution in [1.82, 2.24) is 23.9 Å². The van der Waals surface area contributed by atoms with E-state index in [2.05, 4.69) is 10.1 Å². The van der Waals surface area contributed by atoms with Gasteiger partial charge in [0.2, 0.25) is 0 Å². The maximum Gasteiger partial charge on any atom is 0.328 e. The number of pyridine rings is 1. The zero-order chi connectivity index (χ0) is 18.2. The average Bonchev–Trinajstić information content (AvgIpc) is 3.09. The molecule has 9 heteroatoms. The van der Waals surface area contributed by atoms with Crippen molar-refractivity contribution < 1.29 is 8.60 Å². The van der Waals surface area contributed by atoms with Crippen molar-refractivity contribution in [2.45, 2.75) is 11.4 Å². The van der Waals surface area contributed by atoms with E-state index in [9.17, 15) is 13.4 Å². The highest BCUT2D eigenvalue weighted by Crippen LogP contribution is 2.39. The molecular formula is C17H14FN5O2S. The Labute approximate surface area is 149 Å². The quantitative estimate of drug-likeness (QED) is 0.509. The predicted molar refractivity (Wildman–Crippen MR) is 95.9 cm³/mol. The topological polar surface area (TPSA) is 74.7 Å². The van der Waals surface area contributed by atoms with Crippen molar-refractivity contribution in [1.29, 1.82) is 0 Å². The summed E-state index contributed by atoms with van der Waals surface area (Å²) in [5.74, 6) is -0.257. The highest BCUT2D eigenvalue weighted by Gasteiger charge is 2.28. The number of hydrogen-bond donors (Lipinski definition) is 0. The van der Waals surface area contributed by atoms with Crippen molar-refractivity contribution in [3.8, 4) is 11.1 Å². The largest absolute Gasteiger partial charge is 0.328 e. The number of imidazole rings is 1. The summed E-state index contributed by atoms with van der Waals surface area (Å²) in [5.41, 5.74) is 2.33. The van der Waals surface area contributed by atoms with Gasteiger partial charge in [-0.15, -0.1) is 0 Å². The van der Waals surface area contributed by atoms with E-state index in [0.717, 1.165) is 0 Å². The average molecular weight is 371 g/mol. The summed E-state index contributed by atoms with van der Waals surface area (Å²) in [6.07, 6.45) is 4.81.